The van der Waals surface area contributed by atoms with E-state index in [-0.39, 0.29) is 17.6 Å². The van der Waals surface area contributed by atoms with Crippen LogP contribution in [0.1, 0.15) is 47.5 Å². The lowest BCUT2D eigenvalue weighted by molar-refractivity contribution is -0.0338. The van der Waals surface area contributed by atoms with E-state index in [9.17, 15) is 0 Å². The highest BCUT2D eigenvalue weighted by Crippen LogP contribution is 2.25. The van der Waals surface area contributed by atoms with E-state index in [2.05, 4.69) is 34.6 Å². The largest absolute Gasteiger partial charge is 0.376 e. The minimum atomic E-state index is 0.143. The summed E-state index contributed by atoms with van der Waals surface area (Å²) in [6, 6.07) is 0.159. The van der Waals surface area contributed by atoms with Crippen molar-refractivity contribution in [1.82, 2.24) is 0 Å². The quantitative estimate of drug-likeness (QED) is 0.718. The molecule has 0 radical (unpaired) electrons. The molecule has 0 spiro atoms. The summed E-state index contributed by atoms with van der Waals surface area (Å²) in [5, 5.41) is 0. The Morgan fingerprint density at radius 1 is 1.23 bits per heavy atom. The van der Waals surface area contributed by atoms with E-state index in [0.29, 0.717) is 0 Å². The molecule has 80 valence electrons. The molecule has 0 heterocycles. The lowest BCUT2D eigenvalue weighted by Gasteiger charge is -2.34. The van der Waals surface area contributed by atoms with Gasteiger partial charge in [-0.3, -0.25) is 0 Å². The van der Waals surface area contributed by atoms with Crippen molar-refractivity contribution in [3.63, 3.8) is 0 Å². The summed E-state index contributed by atoms with van der Waals surface area (Å²) >= 11 is 0. The summed E-state index contributed by atoms with van der Waals surface area (Å²) in [6.45, 7) is 11.6. The van der Waals surface area contributed by atoms with Gasteiger partial charge in [-0.25, -0.2) is 0 Å². The van der Waals surface area contributed by atoms with Crippen molar-refractivity contribution in [2.24, 2.45) is 11.1 Å². The molecular formula is C11H25NO. The van der Waals surface area contributed by atoms with Crippen molar-refractivity contribution >= 4 is 0 Å². The third-order valence-corrected chi connectivity index (χ3v) is 2.22. The van der Waals surface area contributed by atoms with E-state index in [1.165, 1.54) is 0 Å². The van der Waals surface area contributed by atoms with Crippen LogP contribution < -0.4 is 5.73 Å². The van der Waals surface area contributed by atoms with Crippen molar-refractivity contribution < 1.29 is 4.74 Å². The lowest BCUT2D eigenvalue weighted by Crippen LogP contribution is -2.45. The number of hydrogen-bond donors (Lipinski definition) is 1. The second-order valence-electron chi connectivity index (χ2n) is 4.73. The maximum Gasteiger partial charge on any atom is 0.0773 e. The molecule has 0 bridgehead atoms. The van der Waals surface area contributed by atoms with Crippen LogP contribution >= 0.6 is 0 Å². The molecule has 0 fully saturated rings. The third-order valence-electron chi connectivity index (χ3n) is 2.22. The number of nitrogens with two attached hydrogens (primary N) is 1. The normalized spacial score (nSPS) is 17.1. The minimum absolute atomic E-state index is 0.143. The Hall–Kier alpha value is -0.0800. The molecule has 0 aliphatic carbocycles. The zero-order chi connectivity index (χ0) is 10.5. The molecule has 0 aromatic carbocycles. The molecule has 0 aromatic heterocycles. The van der Waals surface area contributed by atoms with Crippen molar-refractivity contribution in [3.05, 3.63) is 0 Å². The molecule has 0 aliphatic rings. The fourth-order valence-electron chi connectivity index (χ4n) is 1.47. The first-order chi connectivity index (χ1) is 5.93. The highest BCUT2D eigenvalue weighted by Gasteiger charge is 2.29. The van der Waals surface area contributed by atoms with Gasteiger partial charge in [0.15, 0.2) is 0 Å². The predicted molar refractivity (Wildman–Crippen MR) is 57.8 cm³/mol. The van der Waals surface area contributed by atoms with Crippen LogP contribution in [0.2, 0.25) is 0 Å². The van der Waals surface area contributed by atoms with Gasteiger partial charge in [-0.1, -0.05) is 34.6 Å². The van der Waals surface area contributed by atoms with Crippen LogP contribution in [0.15, 0.2) is 0 Å². The van der Waals surface area contributed by atoms with E-state index >= 15 is 0 Å². The highest BCUT2D eigenvalue weighted by atomic mass is 16.5. The van der Waals surface area contributed by atoms with Gasteiger partial charge in [0, 0.05) is 12.6 Å². The molecule has 0 aliphatic heterocycles. The van der Waals surface area contributed by atoms with E-state index in [1.807, 2.05) is 0 Å². The van der Waals surface area contributed by atoms with Crippen molar-refractivity contribution in [2.75, 3.05) is 6.61 Å². The van der Waals surface area contributed by atoms with Crippen LogP contribution in [0.3, 0.4) is 0 Å². The molecule has 0 amide bonds. The fraction of sp³-hybridized carbons (Fsp3) is 1.00. The maximum absolute atomic E-state index is 6.02. The van der Waals surface area contributed by atoms with E-state index < -0.39 is 0 Å². The first-order valence-corrected chi connectivity index (χ1v) is 5.30. The average Bonchev–Trinajstić information content (AvgIpc) is 2.02. The third kappa shape index (κ3) is 4.63. The number of hydrogen-bond acceptors (Lipinski definition) is 2. The Morgan fingerprint density at radius 3 is 2.08 bits per heavy atom. The minimum Gasteiger partial charge on any atom is -0.376 e. The highest BCUT2D eigenvalue weighted by molar-refractivity contribution is 4.83. The van der Waals surface area contributed by atoms with Gasteiger partial charge in [0.1, 0.15) is 0 Å². The van der Waals surface area contributed by atoms with Crippen LogP contribution in [0.4, 0.5) is 0 Å². The summed E-state index contributed by atoms with van der Waals surface area (Å²) in [5.41, 5.74) is 6.16. The van der Waals surface area contributed by atoms with Gasteiger partial charge in [0.05, 0.1) is 6.10 Å². The Balaban J connectivity index is 4.19. The Kier molecular flexibility index (Phi) is 5.57. The van der Waals surface area contributed by atoms with Gasteiger partial charge >= 0.3 is 0 Å². The molecule has 0 aromatic rings. The second-order valence-corrected chi connectivity index (χ2v) is 4.73. The molecule has 2 nitrogen and oxygen atoms in total. The second kappa shape index (κ2) is 5.61. The topological polar surface area (TPSA) is 35.2 Å². The summed E-state index contributed by atoms with van der Waals surface area (Å²) in [4.78, 5) is 0. The summed E-state index contributed by atoms with van der Waals surface area (Å²) in [6.07, 6.45) is 2.21. The van der Waals surface area contributed by atoms with Crippen molar-refractivity contribution in [3.8, 4) is 0 Å². The van der Waals surface area contributed by atoms with Crippen LogP contribution in [-0.2, 0) is 4.74 Å². The van der Waals surface area contributed by atoms with Gasteiger partial charge in [0.25, 0.3) is 0 Å². The zero-order valence-electron chi connectivity index (χ0n) is 9.76. The van der Waals surface area contributed by atoms with Gasteiger partial charge in [-0.05, 0) is 18.3 Å². The molecule has 2 N–H and O–H groups in total. The lowest BCUT2D eigenvalue weighted by atomic mass is 9.84. The molecule has 2 unspecified atom stereocenters. The summed E-state index contributed by atoms with van der Waals surface area (Å²) in [5.74, 6) is 0. The molecule has 2 atom stereocenters. The molecule has 0 saturated heterocycles. The summed E-state index contributed by atoms with van der Waals surface area (Å²) < 4.78 is 5.78. The van der Waals surface area contributed by atoms with Gasteiger partial charge in [-0.2, -0.15) is 0 Å². The van der Waals surface area contributed by atoms with Gasteiger partial charge in [0.2, 0.25) is 0 Å². The van der Waals surface area contributed by atoms with Gasteiger partial charge < -0.3 is 10.5 Å². The maximum atomic E-state index is 6.02. The monoisotopic (exact) mass is 187 g/mol. The van der Waals surface area contributed by atoms with Crippen molar-refractivity contribution in [2.45, 2.75) is 59.6 Å². The SMILES string of the molecule is CCCOC(C(N)CC)C(C)(C)C. The van der Waals surface area contributed by atoms with Crippen LogP contribution in [0, 0.1) is 5.41 Å². The van der Waals surface area contributed by atoms with Crippen LogP contribution in [-0.4, -0.2) is 18.8 Å². The summed E-state index contributed by atoms with van der Waals surface area (Å²) in [7, 11) is 0. The first kappa shape index (κ1) is 12.9. The Bertz CT molecular complexity index is 129. The average molecular weight is 187 g/mol. The smallest absolute Gasteiger partial charge is 0.0773 e. The Morgan fingerprint density at radius 2 is 1.77 bits per heavy atom. The zero-order valence-corrected chi connectivity index (χ0v) is 9.76. The van der Waals surface area contributed by atoms with Crippen LogP contribution in [0.25, 0.3) is 0 Å². The molecular weight excluding hydrogens is 162 g/mol. The van der Waals surface area contributed by atoms with E-state index in [4.69, 9.17) is 10.5 Å². The number of rotatable bonds is 5. The Labute approximate surface area is 82.8 Å². The number of ether oxygens (including phenoxy) is 1. The predicted octanol–water partition coefficient (Wildman–Crippen LogP) is 2.57. The van der Waals surface area contributed by atoms with Crippen molar-refractivity contribution in [1.29, 1.82) is 0 Å². The standard InChI is InChI=1S/C11H25NO/c1-6-8-13-10(9(12)7-2)11(3,4)5/h9-10H,6-8,12H2,1-5H3. The van der Waals surface area contributed by atoms with E-state index in [1.54, 1.807) is 0 Å². The molecule has 13 heavy (non-hydrogen) atoms. The molecule has 0 saturated carbocycles. The molecule has 2 heteroatoms. The van der Waals surface area contributed by atoms with E-state index in [0.717, 1.165) is 19.4 Å². The van der Waals surface area contributed by atoms with Gasteiger partial charge in [-0.15, -0.1) is 0 Å². The first-order valence-electron chi connectivity index (χ1n) is 5.30. The fourth-order valence-corrected chi connectivity index (χ4v) is 1.47. The van der Waals surface area contributed by atoms with Crippen LogP contribution in [0.5, 0.6) is 0 Å². The molecule has 0 rings (SSSR count).